The van der Waals surface area contributed by atoms with Crippen molar-refractivity contribution in [3.8, 4) is 6.07 Å². The Labute approximate surface area is 163 Å². The fourth-order valence-corrected chi connectivity index (χ4v) is 3.77. The van der Waals surface area contributed by atoms with Gasteiger partial charge in [-0.15, -0.1) is 0 Å². The summed E-state index contributed by atoms with van der Waals surface area (Å²) in [6, 6.07) is 3.45. The van der Waals surface area contributed by atoms with E-state index in [1.54, 1.807) is 32.9 Å². The fourth-order valence-electron chi connectivity index (χ4n) is 3.77. The number of carboxylic acid groups (broad SMARTS) is 1. The van der Waals surface area contributed by atoms with E-state index in [1.807, 2.05) is 5.87 Å². The number of rotatable bonds is 7. The smallest absolute Gasteiger partial charge is 0.336 e. The molecule has 0 saturated heterocycles. The Balaban J connectivity index is 2.33. The molecule has 0 atom stereocenters. The molecule has 144 valence electrons. The van der Waals surface area contributed by atoms with Crippen molar-refractivity contribution in [2.45, 2.75) is 46.5 Å². The average molecular weight is 378 g/mol. The summed E-state index contributed by atoms with van der Waals surface area (Å²) < 4.78 is 5.55. The number of aryl methyl sites for hydroxylation is 2. The van der Waals surface area contributed by atoms with E-state index in [1.165, 1.54) is 0 Å². The normalized spacial score (nSPS) is 16.5. The van der Waals surface area contributed by atoms with E-state index < -0.39 is 17.3 Å². The lowest BCUT2D eigenvalue weighted by atomic mass is 9.84. The van der Waals surface area contributed by atoms with Gasteiger partial charge in [0.15, 0.2) is 5.57 Å². The standard InChI is InChI=1S/C22H22N2O4/c1-11-8-17(13(3)28-11)12(2)18(22(26)27)20(21(25)16(9-23)10-24)19(14-4-5-14)15-6-7-15/h8,14-15,23H,4-7H2,1-3H3,(H,26,27)/b18-12+. The molecule has 2 aliphatic carbocycles. The molecule has 6 nitrogen and oxygen atoms in total. The topological polar surface area (TPSA) is 115 Å². The molecule has 0 aromatic carbocycles. The van der Waals surface area contributed by atoms with Crippen LogP contribution in [0.3, 0.4) is 0 Å². The highest BCUT2D eigenvalue weighted by atomic mass is 16.4. The monoisotopic (exact) mass is 378 g/mol. The van der Waals surface area contributed by atoms with Gasteiger partial charge in [0.05, 0.1) is 5.57 Å². The number of Topliss-reactive ketones (excluding diaryl/α,β-unsaturated/α-hetero) is 1. The van der Waals surface area contributed by atoms with Gasteiger partial charge in [-0.3, -0.25) is 10.2 Å². The number of ketones is 1. The lowest BCUT2D eigenvalue weighted by Crippen LogP contribution is -2.19. The summed E-state index contributed by atoms with van der Waals surface area (Å²) in [6.07, 6.45) is 3.65. The highest BCUT2D eigenvalue weighted by molar-refractivity contribution is 6.24. The summed E-state index contributed by atoms with van der Waals surface area (Å²) in [5.74, 6) is 1.50. The van der Waals surface area contributed by atoms with E-state index in [4.69, 9.17) is 9.83 Å². The molecule has 1 aromatic heterocycles. The first kappa shape index (κ1) is 19.6. The number of carbonyl (C=O) groups excluding carboxylic acids is 1. The Morgan fingerprint density at radius 2 is 1.75 bits per heavy atom. The molecular formula is C22H22N2O4. The van der Waals surface area contributed by atoms with Gasteiger partial charge in [0.25, 0.3) is 0 Å². The molecule has 0 amide bonds. The van der Waals surface area contributed by atoms with Crippen LogP contribution in [-0.2, 0) is 9.59 Å². The molecule has 3 rings (SSSR count). The van der Waals surface area contributed by atoms with Crippen LogP contribution >= 0.6 is 0 Å². The quantitative estimate of drug-likeness (QED) is 0.320. The minimum Gasteiger partial charge on any atom is -0.478 e. The van der Waals surface area contributed by atoms with Crippen LogP contribution in [0.5, 0.6) is 0 Å². The number of furan rings is 1. The maximum atomic E-state index is 13.2. The Morgan fingerprint density at radius 3 is 2.11 bits per heavy atom. The third-order valence-corrected chi connectivity index (χ3v) is 5.30. The van der Waals surface area contributed by atoms with Gasteiger partial charge in [0.2, 0.25) is 5.78 Å². The number of nitrogens with zero attached hydrogens (tertiary/aromatic N) is 1. The predicted molar refractivity (Wildman–Crippen MR) is 103 cm³/mol. The number of nitriles is 1. The van der Waals surface area contributed by atoms with E-state index in [-0.39, 0.29) is 23.0 Å². The van der Waals surface area contributed by atoms with Crippen molar-refractivity contribution in [1.82, 2.24) is 0 Å². The van der Waals surface area contributed by atoms with E-state index in [2.05, 4.69) is 0 Å². The van der Waals surface area contributed by atoms with Crippen molar-refractivity contribution in [3.05, 3.63) is 45.4 Å². The van der Waals surface area contributed by atoms with Crippen LogP contribution in [0.1, 0.15) is 49.7 Å². The third-order valence-electron chi connectivity index (χ3n) is 5.30. The summed E-state index contributed by atoms with van der Waals surface area (Å²) in [6.45, 7) is 5.18. The molecule has 0 aliphatic heterocycles. The Hall–Kier alpha value is -3.16. The van der Waals surface area contributed by atoms with Gasteiger partial charge >= 0.3 is 5.97 Å². The fraction of sp³-hybridized carbons (Fsp3) is 0.409. The molecular weight excluding hydrogens is 356 g/mol. The van der Waals surface area contributed by atoms with Crippen molar-refractivity contribution in [2.24, 2.45) is 11.8 Å². The number of hydrogen-bond acceptors (Lipinski definition) is 5. The maximum absolute atomic E-state index is 13.2. The van der Waals surface area contributed by atoms with Crippen LogP contribution in [0, 0.1) is 42.4 Å². The first-order valence-corrected chi connectivity index (χ1v) is 9.30. The minimum atomic E-state index is -1.22. The molecule has 2 saturated carbocycles. The second-order valence-corrected chi connectivity index (χ2v) is 7.45. The van der Waals surface area contributed by atoms with E-state index in [0.29, 0.717) is 22.7 Å². The Bertz CT molecular complexity index is 1000. The molecule has 2 aliphatic rings. The molecule has 0 radical (unpaired) electrons. The zero-order chi connectivity index (χ0) is 20.6. The second-order valence-electron chi connectivity index (χ2n) is 7.45. The summed E-state index contributed by atoms with van der Waals surface area (Å²) in [5, 5.41) is 26.6. The van der Waals surface area contributed by atoms with Crippen LogP contribution in [0.2, 0.25) is 0 Å². The highest BCUT2D eigenvalue weighted by Crippen LogP contribution is 2.52. The van der Waals surface area contributed by atoms with Gasteiger partial charge in [-0.25, -0.2) is 4.79 Å². The molecule has 2 fully saturated rings. The van der Waals surface area contributed by atoms with Gasteiger partial charge < -0.3 is 9.52 Å². The number of hydrogen-bond donors (Lipinski definition) is 2. The Morgan fingerprint density at radius 1 is 1.18 bits per heavy atom. The van der Waals surface area contributed by atoms with E-state index in [9.17, 15) is 20.0 Å². The zero-order valence-corrected chi connectivity index (χ0v) is 16.2. The molecule has 2 N–H and O–H groups in total. The number of aliphatic carboxylic acids is 1. The number of carbonyl (C=O) groups is 2. The summed E-state index contributed by atoms with van der Waals surface area (Å²) in [4.78, 5) is 25.5. The highest BCUT2D eigenvalue weighted by Gasteiger charge is 2.42. The van der Waals surface area contributed by atoms with E-state index in [0.717, 1.165) is 31.3 Å². The number of nitrogens with one attached hydrogen (secondary N) is 1. The van der Waals surface area contributed by atoms with Crippen molar-refractivity contribution in [2.75, 3.05) is 0 Å². The average Bonchev–Trinajstić information content (AvgIpc) is 3.55. The molecule has 0 spiro atoms. The second kappa shape index (κ2) is 7.46. The molecule has 1 aromatic rings. The lowest BCUT2D eigenvalue weighted by Gasteiger charge is -2.17. The zero-order valence-electron chi connectivity index (χ0n) is 16.2. The van der Waals surface area contributed by atoms with Crippen LogP contribution in [0.25, 0.3) is 5.57 Å². The maximum Gasteiger partial charge on any atom is 0.336 e. The Kier molecular flexibility index (Phi) is 5.22. The molecule has 0 unspecified atom stereocenters. The van der Waals surface area contributed by atoms with Crippen molar-refractivity contribution in [3.63, 3.8) is 0 Å². The van der Waals surface area contributed by atoms with Crippen LogP contribution in [0.4, 0.5) is 0 Å². The number of carboxylic acids is 1. The first-order valence-electron chi connectivity index (χ1n) is 9.30. The summed E-state index contributed by atoms with van der Waals surface area (Å²) in [7, 11) is 0. The van der Waals surface area contributed by atoms with Crippen LogP contribution < -0.4 is 0 Å². The molecule has 1 heterocycles. The summed E-state index contributed by atoms with van der Waals surface area (Å²) >= 11 is 0. The van der Waals surface area contributed by atoms with Crippen LogP contribution in [-0.4, -0.2) is 22.7 Å². The minimum absolute atomic E-state index is 0.0737. The molecule has 0 bridgehead atoms. The van der Waals surface area contributed by atoms with Gasteiger partial charge in [0.1, 0.15) is 17.6 Å². The lowest BCUT2D eigenvalue weighted by molar-refractivity contribution is -0.132. The van der Waals surface area contributed by atoms with Crippen molar-refractivity contribution >= 4 is 23.2 Å². The first-order chi connectivity index (χ1) is 13.3. The predicted octanol–water partition coefficient (Wildman–Crippen LogP) is 4.14. The van der Waals surface area contributed by atoms with Crippen molar-refractivity contribution < 1.29 is 19.1 Å². The molecule has 28 heavy (non-hydrogen) atoms. The molecule has 6 heteroatoms. The van der Waals surface area contributed by atoms with E-state index >= 15 is 0 Å². The van der Waals surface area contributed by atoms with Gasteiger partial charge in [-0.05, 0) is 69.9 Å². The third kappa shape index (κ3) is 3.62. The van der Waals surface area contributed by atoms with Crippen LogP contribution in [0.15, 0.2) is 32.8 Å². The summed E-state index contributed by atoms with van der Waals surface area (Å²) in [5.41, 5.74) is 1.38. The van der Waals surface area contributed by atoms with Crippen molar-refractivity contribution in [1.29, 1.82) is 10.7 Å². The van der Waals surface area contributed by atoms with Gasteiger partial charge in [0, 0.05) is 17.0 Å². The largest absolute Gasteiger partial charge is 0.478 e. The number of allylic oxidation sites excluding steroid dienone is 3. The SMILES string of the molecule is C/C(=C(\C(=O)O)C(C(=O)C(=C=N)C#N)=C(C1CC1)C1CC1)c1cc(C)oc1C. The van der Waals surface area contributed by atoms with Gasteiger partial charge in [-0.2, -0.15) is 5.26 Å². The van der Waals surface area contributed by atoms with Gasteiger partial charge in [-0.1, -0.05) is 5.57 Å².